The summed E-state index contributed by atoms with van der Waals surface area (Å²) in [6.07, 6.45) is 1.28. The summed E-state index contributed by atoms with van der Waals surface area (Å²) < 4.78 is 0. The van der Waals surface area contributed by atoms with E-state index in [-0.39, 0.29) is 6.17 Å². The Morgan fingerprint density at radius 2 is 1.25 bits per heavy atom. The fourth-order valence-electron chi connectivity index (χ4n) is 5.05. The predicted octanol–water partition coefficient (Wildman–Crippen LogP) is 7.99. The molecule has 0 bridgehead atoms. The van der Waals surface area contributed by atoms with Gasteiger partial charge in [-0.3, -0.25) is 9.80 Å². The average molecular weight is 565 g/mol. The molecule has 0 unspecified atom stereocenters. The van der Waals surface area contributed by atoms with Crippen molar-refractivity contribution in [3.63, 3.8) is 0 Å². The molecule has 1 heterocycles. The van der Waals surface area contributed by atoms with Gasteiger partial charge in [0.05, 0.1) is 6.17 Å². The van der Waals surface area contributed by atoms with Crippen LogP contribution in [0.25, 0.3) is 0 Å². The molecule has 3 aromatic carbocycles. The topological polar surface area (TPSA) is 9.72 Å². The smallest absolute Gasteiger partial charge is 0.0894 e. The lowest BCUT2D eigenvalue weighted by atomic mass is 9.99. The summed E-state index contributed by atoms with van der Waals surface area (Å²) >= 11 is 24.5. The molecule has 0 saturated carbocycles. The lowest BCUT2D eigenvalue weighted by Gasteiger charge is -2.45. The van der Waals surface area contributed by atoms with Gasteiger partial charge in [0.25, 0.3) is 0 Å². The lowest BCUT2D eigenvalue weighted by Crippen LogP contribution is -2.47. The van der Waals surface area contributed by atoms with Gasteiger partial charge in [-0.2, -0.15) is 0 Å². The predicted molar refractivity (Wildman–Crippen MR) is 156 cm³/mol. The normalized spacial score (nSPS) is 15.4. The number of aryl methyl sites for hydroxylation is 1. The van der Waals surface area contributed by atoms with Crippen molar-refractivity contribution in [1.82, 2.24) is 9.80 Å². The Bertz CT molecular complexity index is 1040. The van der Waals surface area contributed by atoms with Gasteiger partial charge in [0.1, 0.15) is 0 Å². The molecule has 3 nitrogen and oxygen atoms in total. The van der Waals surface area contributed by atoms with Gasteiger partial charge in [0.2, 0.25) is 0 Å². The van der Waals surface area contributed by atoms with Crippen LogP contribution in [0.2, 0.25) is 10.0 Å². The molecule has 0 N–H and O–H groups in total. The number of hydrogen-bond acceptors (Lipinski definition) is 3. The summed E-state index contributed by atoms with van der Waals surface area (Å²) in [4.78, 5) is 7.43. The van der Waals surface area contributed by atoms with E-state index in [9.17, 15) is 0 Å². The van der Waals surface area contributed by atoms with Crippen molar-refractivity contribution in [1.29, 1.82) is 0 Å². The number of alkyl halides is 2. The van der Waals surface area contributed by atoms with Gasteiger partial charge in [-0.15, -0.1) is 23.2 Å². The molecule has 0 radical (unpaired) electrons. The third-order valence-corrected chi connectivity index (χ3v) is 7.63. The Kier molecular flexibility index (Phi) is 10.2. The minimum atomic E-state index is 0.161. The van der Waals surface area contributed by atoms with Crippen LogP contribution in [0.3, 0.4) is 0 Å². The third-order valence-electron chi connectivity index (χ3n) is 6.79. The molecule has 192 valence electrons. The number of benzene rings is 3. The zero-order chi connectivity index (χ0) is 25.5. The molecular weight excluding hydrogens is 532 g/mol. The molecule has 1 saturated heterocycles. The van der Waals surface area contributed by atoms with E-state index in [2.05, 4.69) is 64.1 Å². The molecule has 1 aliphatic heterocycles. The Morgan fingerprint density at radius 3 is 1.69 bits per heavy atom. The number of halogens is 4. The van der Waals surface area contributed by atoms with Gasteiger partial charge in [0.15, 0.2) is 0 Å². The summed E-state index contributed by atoms with van der Waals surface area (Å²) in [5.41, 5.74) is 6.31. The van der Waals surface area contributed by atoms with Gasteiger partial charge in [0, 0.05) is 66.8 Å². The fourth-order valence-corrected chi connectivity index (χ4v) is 5.71. The molecule has 0 atom stereocenters. The summed E-state index contributed by atoms with van der Waals surface area (Å²) in [6, 6.07) is 23.2. The quantitative estimate of drug-likeness (QED) is 0.231. The minimum absolute atomic E-state index is 0.161. The van der Waals surface area contributed by atoms with Crippen molar-refractivity contribution >= 4 is 52.1 Å². The molecule has 0 spiro atoms. The maximum Gasteiger partial charge on any atom is 0.0894 e. The molecule has 4 rings (SSSR count). The van der Waals surface area contributed by atoms with Crippen LogP contribution in [-0.4, -0.2) is 47.7 Å². The van der Waals surface area contributed by atoms with E-state index in [4.69, 9.17) is 46.4 Å². The Morgan fingerprint density at radius 1 is 0.750 bits per heavy atom. The van der Waals surface area contributed by atoms with Crippen LogP contribution in [0, 0.1) is 6.92 Å². The van der Waals surface area contributed by atoms with Crippen molar-refractivity contribution in [2.75, 3.05) is 42.8 Å². The molecular formula is C29H33Cl4N3. The van der Waals surface area contributed by atoms with Gasteiger partial charge in [-0.25, -0.2) is 0 Å². The maximum atomic E-state index is 6.16. The van der Waals surface area contributed by atoms with Crippen LogP contribution in [0.1, 0.15) is 34.8 Å². The van der Waals surface area contributed by atoms with Gasteiger partial charge in [-0.1, -0.05) is 53.5 Å². The highest BCUT2D eigenvalue weighted by Gasteiger charge is 2.32. The highest BCUT2D eigenvalue weighted by atomic mass is 35.5. The first-order valence-electron chi connectivity index (χ1n) is 12.4. The first kappa shape index (κ1) is 27.6. The second-order valence-corrected chi connectivity index (χ2v) is 11.0. The number of hydrogen-bond donors (Lipinski definition) is 0. The third kappa shape index (κ3) is 7.10. The Labute approximate surface area is 235 Å². The van der Waals surface area contributed by atoms with Crippen LogP contribution in [-0.2, 0) is 13.1 Å². The summed E-state index contributed by atoms with van der Waals surface area (Å²) in [7, 11) is 0. The summed E-state index contributed by atoms with van der Waals surface area (Å²) in [6.45, 7) is 7.58. The number of nitrogens with zero attached hydrogens (tertiary/aromatic N) is 3. The molecule has 0 amide bonds. The molecule has 36 heavy (non-hydrogen) atoms. The second kappa shape index (κ2) is 13.4. The number of anilines is 1. The van der Waals surface area contributed by atoms with Crippen molar-refractivity contribution in [2.24, 2.45) is 0 Å². The van der Waals surface area contributed by atoms with E-state index >= 15 is 0 Å². The molecule has 3 aromatic rings. The van der Waals surface area contributed by atoms with Gasteiger partial charge >= 0.3 is 0 Å². The Hall–Kier alpha value is -1.46. The standard InChI is InChI=1S/C29H33Cl4N3/c1-22-19-27(34(17-13-30)18-14-31)11-12-28(22)29-35(20-23-3-7-25(32)8-4-23)15-2-16-36(29)21-24-5-9-26(33)10-6-24/h3-12,19,29H,2,13-18,20-21H2,1H3. The van der Waals surface area contributed by atoms with Crippen LogP contribution in [0.4, 0.5) is 5.69 Å². The van der Waals surface area contributed by atoms with Crippen molar-refractivity contribution in [3.05, 3.63) is 99.0 Å². The molecule has 7 heteroatoms. The van der Waals surface area contributed by atoms with Crippen LogP contribution >= 0.6 is 46.4 Å². The minimum Gasteiger partial charge on any atom is -0.369 e. The van der Waals surface area contributed by atoms with E-state index < -0.39 is 0 Å². The highest BCUT2D eigenvalue weighted by molar-refractivity contribution is 6.30. The lowest BCUT2D eigenvalue weighted by molar-refractivity contribution is -0.00944. The molecule has 0 aromatic heterocycles. The van der Waals surface area contributed by atoms with Gasteiger partial charge < -0.3 is 4.90 Å². The molecule has 1 aliphatic rings. The van der Waals surface area contributed by atoms with Crippen LogP contribution in [0.15, 0.2) is 66.7 Å². The van der Waals surface area contributed by atoms with E-state index in [0.717, 1.165) is 55.7 Å². The van der Waals surface area contributed by atoms with Crippen LogP contribution in [0.5, 0.6) is 0 Å². The first-order valence-corrected chi connectivity index (χ1v) is 14.3. The summed E-state index contributed by atoms with van der Waals surface area (Å²) in [5.74, 6) is 1.15. The van der Waals surface area contributed by atoms with Crippen molar-refractivity contribution < 1.29 is 0 Å². The zero-order valence-electron chi connectivity index (χ0n) is 20.6. The van der Waals surface area contributed by atoms with Gasteiger partial charge in [-0.05, 0) is 72.0 Å². The maximum absolute atomic E-state index is 6.16. The SMILES string of the molecule is Cc1cc(N(CCCl)CCCl)ccc1C1N(Cc2ccc(Cl)cc2)CCCN1Cc1ccc(Cl)cc1. The average Bonchev–Trinajstić information content (AvgIpc) is 2.87. The first-order chi connectivity index (χ1) is 17.5. The monoisotopic (exact) mass is 563 g/mol. The molecule has 1 fully saturated rings. The van der Waals surface area contributed by atoms with E-state index in [1.54, 1.807) is 0 Å². The van der Waals surface area contributed by atoms with Crippen LogP contribution < -0.4 is 4.90 Å². The highest BCUT2D eigenvalue weighted by Crippen LogP contribution is 2.35. The van der Waals surface area contributed by atoms with E-state index in [0.29, 0.717) is 11.8 Å². The zero-order valence-corrected chi connectivity index (χ0v) is 23.7. The van der Waals surface area contributed by atoms with E-state index in [1.807, 2.05) is 24.3 Å². The van der Waals surface area contributed by atoms with Crippen molar-refractivity contribution in [2.45, 2.75) is 32.6 Å². The number of rotatable bonds is 10. The molecule has 0 aliphatic carbocycles. The fraction of sp³-hybridized carbons (Fsp3) is 0.379. The van der Waals surface area contributed by atoms with E-state index in [1.165, 1.54) is 27.9 Å². The Balaban J connectivity index is 1.67. The largest absolute Gasteiger partial charge is 0.369 e. The summed E-state index contributed by atoms with van der Waals surface area (Å²) in [5, 5.41) is 1.53. The second-order valence-electron chi connectivity index (χ2n) is 9.33. The van der Waals surface area contributed by atoms with Crippen molar-refractivity contribution in [3.8, 4) is 0 Å².